The molecule has 0 bridgehead atoms. The summed E-state index contributed by atoms with van der Waals surface area (Å²) in [5.41, 5.74) is 0. The molecular formula is C12H19N3O4. The normalized spacial score (nSPS) is 20.6. The highest BCUT2D eigenvalue weighted by Gasteiger charge is 2.30. The van der Waals surface area contributed by atoms with E-state index in [1.807, 2.05) is 0 Å². The molecule has 0 spiro atoms. The lowest BCUT2D eigenvalue weighted by Gasteiger charge is -2.31. The van der Waals surface area contributed by atoms with Crippen molar-refractivity contribution in [3.05, 3.63) is 11.7 Å². The van der Waals surface area contributed by atoms with Crippen LogP contribution in [0, 0.1) is 0 Å². The second-order valence-corrected chi connectivity index (χ2v) is 4.61. The number of aromatic nitrogens is 2. The Morgan fingerprint density at radius 2 is 2.42 bits per heavy atom. The number of carboxylic acids is 1. The lowest BCUT2D eigenvalue weighted by Crippen LogP contribution is -2.49. The molecule has 0 aromatic carbocycles. The summed E-state index contributed by atoms with van der Waals surface area (Å²) < 4.78 is 10.3. The first-order valence-electron chi connectivity index (χ1n) is 6.56. The first kappa shape index (κ1) is 14.0. The summed E-state index contributed by atoms with van der Waals surface area (Å²) in [5.74, 6) is 0.279. The number of carboxylic acid groups (broad SMARTS) is 1. The Hall–Kier alpha value is -1.47. The van der Waals surface area contributed by atoms with E-state index in [4.69, 9.17) is 14.4 Å². The first-order chi connectivity index (χ1) is 9.20. The lowest BCUT2D eigenvalue weighted by molar-refractivity contribution is -0.150. The SMILES string of the molecule is CCCCc1noc(CN2CCOCC2C(=O)O)n1. The quantitative estimate of drug-likeness (QED) is 0.813. The molecule has 1 atom stereocenters. The minimum atomic E-state index is -0.884. The third-order valence-electron chi connectivity index (χ3n) is 3.13. The van der Waals surface area contributed by atoms with Gasteiger partial charge in [-0.25, -0.2) is 0 Å². The van der Waals surface area contributed by atoms with Gasteiger partial charge in [0.15, 0.2) is 5.82 Å². The summed E-state index contributed by atoms with van der Waals surface area (Å²) >= 11 is 0. The van der Waals surface area contributed by atoms with E-state index in [0.717, 1.165) is 19.3 Å². The Bertz CT molecular complexity index is 421. The molecule has 2 rings (SSSR count). The molecule has 7 nitrogen and oxygen atoms in total. The lowest BCUT2D eigenvalue weighted by atomic mass is 10.2. The fraction of sp³-hybridized carbons (Fsp3) is 0.750. The maximum atomic E-state index is 11.1. The molecule has 1 saturated heterocycles. The third-order valence-corrected chi connectivity index (χ3v) is 3.13. The van der Waals surface area contributed by atoms with Gasteiger partial charge in [-0.3, -0.25) is 9.69 Å². The fourth-order valence-corrected chi connectivity index (χ4v) is 2.02. The van der Waals surface area contributed by atoms with Gasteiger partial charge in [0.2, 0.25) is 5.89 Å². The van der Waals surface area contributed by atoms with Gasteiger partial charge >= 0.3 is 5.97 Å². The predicted molar refractivity (Wildman–Crippen MR) is 65.6 cm³/mol. The van der Waals surface area contributed by atoms with Crippen molar-refractivity contribution >= 4 is 5.97 Å². The highest BCUT2D eigenvalue weighted by Crippen LogP contribution is 2.12. The molecule has 106 valence electrons. The number of nitrogens with zero attached hydrogens (tertiary/aromatic N) is 3. The standard InChI is InChI=1S/C12H19N3O4/c1-2-3-4-10-13-11(19-14-10)7-15-5-6-18-8-9(15)12(16)17/h9H,2-8H2,1H3,(H,16,17). The Balaban J connectivity index is 1.94. The molecule has 0 radical (unpaired) electrons. The molecule has 0 amide bonds. The van der Waals surface area contributed by atoms with E-state index in [0.29, 0.717) is 31.4 Å². The van der Waals surface area contributed by atoms with Crippen LogP contribution in [0.25, 0.3) is 0 Å². The zero-order valence-electron chi connectivity index (χ0n) is 11.0. The molecule has 19 heavy (non-hydrogen) atoms. The maximum absolute atomic E-state index is 11.1. The molecule has 0 aliphatic carbocycles. The molecule has 1 fully saturated rings. The van der Waals surface area contributed by atoms with Crippen molar-refractivity contribution in [1.82, 2.24) is 15.0 Å². The summed E-state index contributed by atoms with van der Waals surface area (Å²) in [5, 5.41) is 13.0. The van der Waals surface area contributed by atoms with Crippen LogP contribution in [0.1, 0.15) is 31.5 Å². The van der Waals surface area contributed by atoms with Gasteiger partial charge in [-0.2, -0.15) is 4.98 Å². The van der Waals surface area contributed by atoms with Crippen molar-refractivity contribution in [3.63, 3.8) is 0 Å². The van der Waals surface area contributed by atoms with Crippen LogP contribution >= 0.6 is 0 Å². The molecule has 1 aliphatic rings. The smallest absolute Gasteiger partial charge is 0.323 e. The molecule has 1 unspecified atom stereocenters. The van der Waals surface area contributed by atoms with E-state index in [1.54, 1.807) is 4.90 Å². The van der Waals surface area contributed by atoms with Gasteiger partial charge in [-0.15, -0.1) is 0 Å². The van der Waals surface area contributed by atoms with Crippen LogP contribution in [0.5, 0.6) is 0 Å². The van der Waals surface area contributed by atoms with Crippen LogP contribution in [-0.2, 0) is 22.5 Å². The number of aryl methyl sites for hydroxylation is 1. The van der Waals surface area contributed by atoms with Crippen LogP contribution < -0.4 is 0 Å². The van der Waals surface area contributed by atoms with Gasteiger partial charge in [0.1, 0.15) is 6.04 Å². The van der Waals surface area contributed by atoms with E-state index in [9.17, 15) is 4.79 Å². The second kappa shape index (κ2) is 6.63. The predicted octanol–water partition coefficient (Wildman–Crippen LogP) is 0.698. The summed E-state index contributed by atoms with van der Waals surface area (Å²) in [7, 11) is 0. The summed E-state index contributed by atoms with van der Waals surface area (Å²) in [6.07, 6.45) is 2.90. The van der Waals surface area contributed by atoms with E-state index in [2.05, 4.69) is 17.1 Å². The number of morpholine rings is 1. The van der Waals surface area contributed by atoms with Crippen molar-refractivity contribution in [2.75, 3.05) is 19.8 Å². The van der Waals surface area contributed by atoms with Crippen LogP contribution in [0.4, 0.5) is 0 Å². The Morgan fingerprint density at radius 1 is 1.58 bits per heavy atom. The maximum Gasteiger partial charge on any atom is 0.323 e. The van der Waals surface area contributed by atoms with Crippen LogP contribution in [0.15, 0.2) is 4.52 Å². The van der Waals surface area contributed by atoms with Crippen molar-refractivity contribution < 1.29 is 19.2 Å². The largest absolute Gasteiger partial charge is 0.480 e. The number of hydrogen-bond donors (Lipinski definition) is 1. The van der Waals surface area contributed by atoms with Crippen molar-refractivity contribution in [2.45, 2.75) is 38.8 Å². The molecule has 1 aromatic rings. The Morgan fingerprint density at radius 3 is 3.16 bits per heavy atom. The molecule has 1 N–H and O–H groups in total. The van der Waals surface area contributed by atoms with Gasteiger partial charge in [-0.1, -0.05) is 18.5 Å². The van der Waals surface area contributed by atoms with Crippen molar-refractivity contribution in [3.8, 4) is 0 Å². The number of carbonyl (C=O) groups is 1. The molecule has 0 saturated carbocycles. The molecule has 7 heteroatoms. The minimum absolute atomic E-state index is 0.201. The van der Waals surface area contributed by atoms with Gasteiger partial charge in [0.05, 0.1) is 19.8 Å². The fourth-order valence-electron chi connectivity index (χ4n) is 2.02. The van der Waals surface area contributed by atoms with E-state index < -0.39 is 12.0 Å². The number of rotatable bonds is 6. The summed E-state index contributed by atoms with van der Waals surface area (Å²) in [4.78, 5) is 17.2. The van der Waals surface area contributed by atoms with Gasteiger partial charge < -0.3 is 14.4 Å². The summed E-state index contributed by atoms with van der Waals surface area (Å²) in [6, 6.07) is -0.639. The average molecular weight is 269 g/mol. The highest BCUT2D eigenvalue weighted by atomic mass is 16.5. The molecule has 1 aliphatic heterocycles. The number of ether oxygens (including phenoxy) is 1. The topological polar surface area (TPSA) is 88.7 Å². The second-order valence-electron chi connectivity index (χ2n) is 4.61. The zero-order chi connectivity index (χ0) is 13.7. The molecular weight excluding hydrogens is 250 g/mol. The Labute approximate surface area is 111 Å². The number of unbranched alkanes of at least 4 members (excludes halogenated alkanes) is 1. The van der Waals surface area contributed by atoms with Gasteiger partial charge in [-0.05, 0) is 6.42 Å². The van der Waals surface area contributed by atoms with Crippen LogP contribution in [0.2, 0.25) is 0 Å². The van der Waals surface area contributed by atoms with Gasteiger partial charge in [0.25, 0.3) is 0 Å². The number of aliphatic carboxylic acids is 1. The molecule has 1 aromatic heterocycles. The summed E-state index contributed by atoms with van der Waals surface area (Å²) in [6.45, 7) is 3.75. The minimum Gasteiger partial charge on any atom is -0.480 e. The average Bonchev–Trinajstić information content (AvgIpc) is 2.84. The van der Waals surface area contributed by atoms with Crippen molar-refractivity contribution in [2.24, 2.45) is 0 Å². The monoisotopic (exact) mass is 269 g/mol. The van der Waals surface area contributed by atoms with Crippen molar-refractivity contribution in [1.29, 1.82) is 0 Å². The van der Waals surface area contributed by atoms with E-state index >= 15 is 0 Å². The number of hydrogen-bond acceptors (Lipinski definition) is 6. The first-order valence-corrected chi connectivity index (χ1v) is 6.56. The van der Waals surface area contributed by atoms with Gasteiger partial charge in [0, 0.05) is 13.0 Å². The Kier molecular flexibility index (Phi) is 4.86. The zero-order valence-corrected chi connectivity index (χ0v) is 11.0. The third kappa shape index (κ3) is 3.74. The van der Waals surface area contributed by atoms with E-state index in [1.165, 1.54) is 0 Å². The molecule has 2 heterocycles. The van der Waals surface area contributed by atoms with Crippen LogP contribution in [0.3, 0.4) is 0 Å². The van der Waals surface area contributed by atoms with E-state index in [-0.39, 0.29) is 6.61 Å². The highest BCUT2D eigenvalue weighted by molar-refractivity contribution is 5.73. The van der Waals surface area contributed by atoms with Crippen LogP contribution in [-0.4, -0.2) is 51.9 Å².